The molecule has 1 N–H and O–H groups in total. The SMILES string of the molecule is CCS(=O)(=O)NC1CCC2(CC1)CN(CC1CCN(C(=O)OC(C)(C)C)C1)C2. The minimum Gasteiger partial charge on any atom is -0.444 e. The van der Waals surface area contributed by atoms with Gasteiger partial charge in [0.1, 0.15) is 5.60 Å². The molecule has 162 valence electrons. The van der Waals surface area contributed by atoms with Gasteiger partial charge in [0.2, 0.25) is 10.0 Å². The number of sulfonamides is 1. The van der Waals surface area contributed by atoms with Gasteiger partial charge in [0.15, 0.2) is 0 Å². The number of amides is 1. The highest BCUT2D eigenvalue weighted by atomic mass is 32.2. The summed E-state index contributed by atoms with van der Waals surface area (Å²) in [5.74, 6) is 0.682. The fourth-order valence-corrected chi connectivity index (χ4v) is 5.78. The lowest BCUT2D eigenvalue weighted by molar-refractivity contribution is -0.0395. The summed E-state index contributed by atoms with van der Waals surface area (Å²) in [5.41, 5.74) is -0.0548. The van der Waals surface area contributed by atoms with E-state index in [2.05, 4.69) is 9.62 Å². The minimum absolute atomic E-state index is 0.113. The van der Waals surface area contributed by atoms with Crippen LogP contribution in [0.2, 0.25) is 0 Å². The lowest BCUT2D eigenvalue weighted by Gasteiger charge is -2.54. The molecule has 0 aromatic heterocycles. The van der Waals surface area contributed by atoms with Crippen LogP contribution in [0.4, 0.5) is 4.79 Å². The third kappa shape index (κ3) is 5.60. The van der Waals surface area contributed by atoms with Crippen LogP contribution < -0.4 is 4.72 Å². The average molecular weight is 416 g/mol. The van der Waals surface area contributed by atoms with E-state index in [9.17, 15) is 13.2 Å². The van der Waals surface area contributed by atoms with Crippen LogP contribution in [0.1, 0.15) is 59.8 Å². The van der Waals surface area contributed by atoms with E-state index in [-0.39, 0.29) is 17.9 Å². The Morgan fingerprint density at radius 1 is 1.18 bits per heavy atom. The Bertz CT molecular complexity index is 657. The van der Waals surface area contributed by atoms with Gasteiger partial charge in [0.05, 0.1) is 5.75 Å². The van der Waals surface area contributed by atoms with Gasteiger partial charge < -0.3 is 14.5 Å². The van der Waals surface area contributed by atoms with Crippen molar-refractivity contribution >= 4 is 16.1 Å². The second-order valence-corrected chi connectivity index (χ2v) is 12.1. The van der Waals surface area contributed by atoms with Gasteiger partial charge in [-0.1, -0.05) is 0 Å². The molecule has 3 fully saturated rings. The summed E-state index contributed by atoms with van der Waals surface area (Å²) in [4.78, 5) is 16.6. The van der Waals surface area contributed by atoms with Gasteiger partial charge in [-0.2, -0.15) is 0 Å². The van der Waals surface area contributed by atoms with Crippen LogP contribution in [0.15, 0.2) is 0 Å². The number of nitrogens with zero attached hydrogens (tertiary/aromatic N) is 2. The molecule has 2 aliphatic heterocycles. The molecule has 1 amide bonds. The van der Waals surface area contributed by atoms with Crippen LogP contribution in [0.5, 0.6) is 0 Å². The van der Waals surface area contributed by atoms with Crippen LogP contribution >= 0.6 is 0 Å². The Morgan fingerprint density at radius 2 is 1.82 bits per heavy atom. The molecule has 1 aliphatic carbocycles. The van der Waals surface area contributed by atoms with E-state index in [4.69, 9.17) is 4.74 Å². The van der Waals surface area contributed by atoms with E-state index >= 15 is 0 Å². The monoisotopic (exact) mass is 415 g/mol. The predicted octanol–water partition coefficient (Wildman–Crippen LogP) is 2.43. The van der Waals surface area contributed by atoms with Gasteiger partial charge in [-0.05, 0) is 71.1 Å². The molecule has 0 aromatic carbocycles. The Balaban J connectivity index is 1.37. The molecule has 0 aromatic rings. The second-order valence-electron chi connectivity index (χ2n) is 10.0. The number of nitrogens with one attached hydrogen (secondary N) is 1. The standard InChI is InChI=1S/C20H37N3O4S/c1-5-28(25,26)21-17-6-9-20(10-7-17)14-22(15-20)12-16-8-11-23(13-16)18(24)27-19(2,3)4/h16-17,21H,5-15H2,1-4H3. The Kier molecular flexibility index (Phi) is 6.32. The van der Waals surface area contributed by atoms with Crippen molar-refractivity contribution in [2.24, 2.45) is 11.3 Å². The van der Waals surface area contributed by atoms with E-state index in [1.54, 1.807) is 6.92 Å². The van der Waals surface area contributed by atoms with Crippen LogP contribution in [-0.2, 0) is 14.8 Å². The lowest BCUT2D eigenvalue weighted by Crippen LogP contribution is -2.59. The van der Waals surface area contributed by atoms with Crippen molar-refractivity contribution in [3.63, 3.8) is 0 Å². The van der Waals surface area contributed by atoms with Crippen LogP contribution in [0, 0.1) is 11.3 Å². The van der Waals surface area contributed by atoms with Crippen molar-refractivity contribution in [2.45, 2.75) is 71.4 Å². The van der Waals surface area contributed by atoms with Crippen LogP contribution in [0.25, 0.3) is 0 Å². The summed E-state index contributed by atoms with van der Waals surface area (Å²) in [7, 11) is -3.10. The molecule has 1 atom stereocenters. The number of rotatable bonds is 5. The Hall–Kier alpha value is -0.860. The lowest BCUT2D eigenvalue weighted by atomic mass is 9.67. The van der Waals surface area contributed by atoms with Gasteiger partial charge in [-0.15, -0.1) is 0 Å². The first-order valence-corrected chi connectivity index (χ1v) is 12.3. The largest absolute Gasteiger partial charge is 0.444 e. The summed E-state index contributed by atoms with van der Waals surface area (Å²) >= 11 is 0. The molecule has 3 aliphatic rings. The van der Waals surface area contributed by atoms with Gasteiger partial charge in [0.25, 0.3) is 0 Å². The van der Waals surface area contributed by atoms with E-state index in [1.807, 2.05) is 25.7 Å². The highest BCUT2D eigenvalue weighted by Gasteiger charge is 2.46. The zero-order valence-electron chi connectivity index (χ0n) is 17.9. The highest BCUT2D eigenvalue weighted by molar-refractivity contribution is 7.89. The highest BCUT2D eigenvalue weighted by Crippen LogP contribution is 2.44. The second kappa shape index (κ2) is 8.11. The summed E-state index contributed by atoms with van der Waals surface area (Å²) in [6.45, 7) is 12.2. The van der Waals surface area contributed by atoms with E-state index in [0.29, 0.717) is 11.3 Å². The normalized spacial score (nSPS) is 26.4. The summed E-state index contributed by atoms with van der Waals surface area (Å²) in [6.07, 6.45) is 4.96. The van der Waals surface area contributed by atoms with Crippen molar-refractivity contribution in [2.75, 3.05) is 38.5 Å². The molecule has 1 unspecified atom stereocenters. The predicted molar refractivity (Wildman–Crippen MR) is 110 cm³/mol. The van der Waals surface area contributed by atoms with E-state index in [1.165, 1.54) is 0 Å². The molecular formula is C20H37N3O4S. The van der Waals surface area contributed by atoms with Gasteiger partial charge >= 0.3 is 6.09 Å². The molecule has 1 spiro atoms. The molecule has 1 saturated carbocycles. The third-order valence-corrected chi connectivity index (χ3v) is 7.80. The third-order valence-electron chi connectivity index (χ3n) is 6.34. The minimum atomic E-state index is -3.10. The molecule has 2 saturated heterocycles. The first-order valence-electron chi connectivity index (χ1n) is 10.7. The topological polar surface area (TPSA) is 79.0 Å². The van der Waals surface area contributed by atoms with Gasteiger partial charge in [-0.25, -0.2) is 17.9 Å². The first-order chi connectivity index (χ1) is 13.0. The molecule has 0 bridgehead atoms. The average Bonchev–Trinajstić information content (AvgIpc) is 3.02. The zero-order valence-corrected chi connectivity index (χ0v) is 18.7. The number of carbonyl (C=O) groups is 1. The maximum Gasteiger partial charge on any atom is 0.410 e. The smallest absolute Gasteiger partial charge is 0.410 e. The van der Waals surface area contributed by atoms with Crippen molar-refractivity contribution in [1.82, 2.24) is 14.5 Å². The molecule has 7 nitrogen and oxygen atoms in total. The van der Waals surface area contributed by atoms with Crippen LogP contribution in [-0.4, -0.2) is 74.4 Å². The molecule has 0 radical (unpaired) electrons. The fourth-order valence-electron chi connectivity index (χ4n) is 4.87. The molecule has 28 heavy (non-hydrogen) atoms. The zero-order chi connectivity index (χ0) is 20.6. The van der Waals surface area contributed by atoms with Crippen molar-refractivity contribution < 1.29 is 17.9 Å². The van der Waals surface area contributed by atoms with Crippen molar-refractivity contribution in [1.29, 1.82) is 0 Å². The number of carbonyl (C=O) groups excluding carboxylic acids is 1. The maximum atomic E-state index is 12.2. The first kappa shape index (κ1) is 21.8. The maximum absolute atomic E-state index is 12.2. The fraction of sp³-hybridized carbons (Fsp3) is 0.950. The molecule has 8 heteroatoms. The van der Waals surface area contributed by atoms with Crippen molar-refractivity contribution in [3.05, 3.63) is 0 Å². The Morgan fingerprint density at radius 3 is 2.39 bits per heavy atom. The molecular weight excluding hydrogens is 378 g/mol. The van der Waals surface area contributed by atoms with E-state index in [0.717, 1.165) is 64.8 Å². The molecule has 3 rings (SSSR count). The Labute approximate surface area is 170 Å². The number of ether oxygens (including phenoxy) is 1. The summed E-state index contributed by atoms with van der Waals surface area (Å²) in [6, 6.07) is 0.113. The van der Waals surface area contributed by atoms with Crippen LogP contribution in [0.3, 0.4) is 0 Å². The summed E-state index contributed by atoms with van der Waals surface area (Å²) in [5, 5.41) is 0. The number of hydrogen-bond acceptors (Lipinski definition) is 5. The van der Waals surface area contributed by atoms with Crippen molar-refractivity contribution in [3.8, 4) is 0 Å². The quantitative estimate of drug-likeness (QED) is 0.746. The van der Waals surface area contributed by atoms with E-state index < -0.39 is 15.6 Å². The van der Waals surface area contributed by atoms with Gasteiger partial charge in [0, 0.05) is 38.8 Å². The number of likely N-dealkylation sites (tertiary alicyclic amines) is 2. The number of hydrogen-bond donors (Lipinski definition) is 1. The molecule has 2 heterocycles. The van der Waals surface area contributed by atoms with Gasteiger partial charge in [-0.3, -0.25) is 0 Å². The summed E-state index contributed by atoms with van der Waals surface area (Å²) < 4.78 is 31.8.